The number of allylic oxidation sites excluding steroid dienone is 3. The molecule has 1 aliphatic carbocycles. The van der Waals surface area contributed by atoms with Crippen LogP contribution in [-0.2, 0) is 19.0 Å². The zero-order valence-corrected chi connectivity index (χ0v) is 15.3. The second-order valence-electron chi connectivity index (χ2n) is 6.53. The van der Waals surface area contributed by atoms with Gasteiger partial charge in [0.05, 0.1) is 5.56 Å². The lowest BCUT2D eigenvalue weighted by Gasteiger charge is -2.26. The molecule has 140 valence electrons. The maximum absolute atomic E-state index is 12.1. The van der Waals surface area contributed by atoms with Gasteiger partial charge in [-0.05, 0) is 37.1 Å². The molecule has 1 fully saturated rings. The van der Waals surface area contributed by atoms with Gasteiger partial charge in [-0.1, -0.05) is 30.4 Å². The highest BCUT2D eigenvalue weighted by molar-refractivity contribution is 6.06. The first-order chi connectivity index (χ1) is 13.0. The topological polar surface area (TPSA) is 61.8 Å². The van der Waals surface area contributed by atoms with E-state index in [-0.39, 0.29) is 25.2 Å². The maximum Gasteiger partial charge on any atom is 0.338 e. The van der Waals surface area contributed by atoms with E-state index >= 15 is 0 Å². The van der Waals surface area contributed by atoms with Crippen LogP contribution in [0.4, 0.5) is 0 Å². The van der Waals surface area contributed by atoms with Crippen molar-refractivity contribution in [1.29, 1.82) is 0 Å². The molecule has 1 aromatic rings. The predicted molar refractivity (Wildman–Crippen MR) is 101 cm³/mol. The Morgan fingerprint density at radius 2 is 2.11 bits per heavy atom. The fraction of sp³-hybridized carbons (Fsp3) is 0.273. The van der Waals surface area contributed by atoms with Gasteiger partial charge in [-0.25, -0.2) is 4.79 Å². The number of fused-ring (bicyclic) bond motifs is 1. The van der Waals surface area contributed by atoms with Gasteiger partial charge in [0.15, 0.2) is 18.2 Å². The molecule has 3 rings (SSSR count). The normalized spacial score (nSPS) is 21.7. The Balaban J connectivity index is 1.66. The molecular formula is C22H22O5. The summed E-state index contributed by atoms with van der Waals surface area (Å²) in [5.41, 5.74) is 1.26. The molecule has 2 aliphatic rings. The van der Waals surface area contributed by atoms with E-state index in [1.165, 1.54) is 6.08 Å². The van der Waals surface area contributed by atoms with E-state index in [1.54, 1.807) is 30.3 Å². The number of ether oxygens (including phenoxy) is 3. The summed E-state index contributed by atoms with van der Waals surface area (Å²) in [6.07, 6.45) is 7.91. The van der Waals surface area contributed by atoms with E-state index in [0.29, 0.717) is 29.7 Å². The summed E-state index contributed by atoms with van der Waals surface area (Å²) in [4.78, 5) is 24.1. The van der Waals surface area contributed by atoms with Gasteiger partial charge < -0.3 is 14.2 Å². The lowest BCUT2D eigenvalue weighted by atomic mass is 9.86. The average molecular weight is 366 g/mol. The first-order valence-electron chi connectivity index (χ1n) is 8.78. The van der Waals surface area contributed by atoms with E-state index in [0.717, 1.165) is 5.57 Å². The molecule has 5 nitrogen and oxygen atoms in total. The van der Waals surface area contributed by atoms with E-state index in [4.69, 9.17) is 14.2 Å². The van der Waals surface area contributed by atoms with E-state index in [2.05, 4.69) is 6.58 Å². The number of benzene rings is 1. The Bertz CT molecular complexity index is 832. The number of carbonyl (C=O) groups is 2. The van der Waals surface area contributed by atoms with E-state index < -0.39 is 5.60 Å². The summed E-state index contributed by atoms with van der Waals surface area (Å²) in [6, 6.07) is 8.86. The van der Waals surface area contributed by atoms with Crippen LogP contribution in [0.3, 0.4) is 0 Å². The highest BCUT2D eigenvalue weighted by Gasteiger charge is 2.43. The van der Waals surface area contributed by atoms with Crippen molar-refractivity contribution in [2.24, 2.45) is 0 Å². The van der Waals surface area contributed by atoms with E-state index in [1.807, 2.05) is 25.1 Å². The Kier molecular flexibility index (Phi) is 5.72. The number of hydrogen-bond acceptors (Lipinski definition) is 5. The number of ketones is 1. The summed E-state index contributed by atoms with van der Waals surface area (Å²) < 4.78 is 16.6. The van der Waals surface area contributed by atoms with Crippen LogP contribution < -0.4 is 0 Å². The van der Waals surface area contributed by atoms with Crippen molar-refractivity contribution < 1.29 is 23.8 Å². The van der Waals surface area contributed by atoms with Crippen LogP contribution in [0.1, 0.15) is 30.1 Å². The minimum absolute atomic E-state index is 0.0801. The highest BCUT2D eigenvalue weighted by atomic mass is 16.7. The fourth-order valence-electron chi connectivity index (χ4n) is 2.99. The Labute approximate surface area is 158 Å². The number of carbonyl (C=O) groups excluding carboxylic acids is 2. The largest absolute Gasteiger partial charge is 0.468 e. The van der Waals surface area contributed by atoms with Crippen molar-refractivity contribution in [2.75, 3.05) is 13.4 Å². The molecule has 1 heterocycles. The number of rotatable bonds is 7. The molecule has 0 radical (unpaired) electrons. The van der Waals surface area contributed by atoms with Crippen LogP contribution in [0, 0.1) is 0 Å². The summed E-state index contributed by atoms with van der Waals surface area (Å²) in [5, 5.41) is 0. The molecule has 0 amide bonds. The van der Waals surface area contributed by atoms with Crippen LogP contribution in [0.2, 0.25) is 0 Å². The minimum atomic E-state index is -0.781. The molecule has 0 bridgehead atoms. The molecule has 0 saturated carbocycles. The first-order valence-corrected chi connectivity index (χ1v) is 8.78. The number of hydrogen-bond donors (Lipinski definition) is 0. The summed E-state index contributed by atoms with van der Waals surface area (Å²) in [5.74, 6) is 0.0770. The van der Waals surface area contributed by atoms with E-state index in [9.17, 15) is 9.59 Å². The molecule has 1 aliphatic heterocycles. The molecule has 0 aromatic heterocycles. The van der Waals surface area contributed by atoms with Gasteiger partial charge in [-0.15, -0.1) is 6.58 Å². The van der Waals surface area contributed by atoms with Crippen LogP contribution in [0.15, 0.2) is 78.1 Å². The second-order valence-corrected chi connectivity index (χ2v) is 6.53. The molecule has 1 saturated heterocycles. The molecule has 0 unspecified atom stereocenters. The van der Waals surface area contributed by atoms with Crippen molar-refractivity contribution in [3.63, 3.8) is 0 Å². The molecular weight excluding hydrogens is 344 g/mol. The van der Waals surface area contributed by atoms with Gasteiger partial charge in [-0.3, -0.25) is 4.79 Å². The molecule has 1 aromatic carbocycles. The van der Waals surface area contributed by atoms with Crippen LogP contribution in [-0.4, -0.2) is 30.8 Å². The van der Waals surface area contributed by atoms with Crippen molar-refractivity contribution in [2.45, 2.75) is 25.4 Å². The van der Waals surface area contributed by atoms with Gasteiger partial charge >= 0.3 is 5.97 Å². The molecule has 27 heavy (non-hydrogen) atoms. The lowest BCUT2D eigenvalue weighted by molar-refractivity contribution is -0.111. The van der Waals surface area contributed by atoms with Crippen molar-refractivity contribution in [3.8, 4) is 0 Å². The van der Waals surface area contributed by atoms with Crippen molar-refractivity contribution in [1.82, 2.24) is 0 Å². The maximum atomic E-state index is 12.1. The second kappa shape index (κ2) is 8.18. The number of esters is 1. The standard InChI is InChI=1S/C22H22O5/c1-3-7-18-13-22(20(12-19(18)23)26-15-27-22)11-10-16(2)14-25-21(24)17-8-5-4-6-9-17/h3-6,8-10,12-13H,1,7,11,14-15H2,2H3/t22-/m1/s1. The molecule has 1 atom stereocenters. The SMILES string of the molecule is C=CCC1=C[C@@]2(CC=C(C)COC(=O)c3ccccc3)OCOC2=CC1=O. The van der Waals surface area contributed by atoms with Gasteiger partial charge in [0.1, 0.15) is 12.4 Å². The van der Waals surface area contributed by atoms with Crippen molar-refractivity contribution in [3.05, 3.63) is 83.7 Å². The van der Waals surface area contributed by atoms with Gasteiger partial charge in [0.25, 0.3) is 0 Å². The third-order valence-corrected chi connectivity index (χ3v) is 4.49. The zero-order chi connectivity index (χ0) is 19.3. The summed E-state index contributed by atoms with van der Waals surface area (Å²) in [6.45, 7) is 5.87. The first kappa shape index (κ1) is 18.9. The third kappa shape index (κ3) is 4.26. The quantitative estimate of drug-likeness (QED) is 0.541. The van der Waals surface area contributed by atoms with Crippen LogP contribution in [0.25, 0.3) is 0 Å². The fourth-order valence-corrected chi connectivity index (χ4v) is 2.99. The van der Waals surface area contributed by atoms with Crippen LogP contribution >= 0.6 is 0 Å². The van der Waals surface area contributed by atoms with Crippen molar-refractivity contribution >= 4 is 11.8 Å². The summed E-state index contributed by atoms with van der Waals surface area (Å²) in [7, 11) is 0. The minimum Gasteiger partial charge on any atom is -0.468 e. The Morgan fingerprint density at radius 1 is 1.33 bits per heavy atom. The van der Waals surface area contributed by atoms with Crippen LogP contribution in [0.5, 0.6) is 0 Å². The predicted octanol–water partition coefficient (Wildman–Crippen LogP) is 3.89. The molecule has 0 N–H and O–H groups in total. The molecule has 5 heteroatoms. The zero-order valence-electron chi connectivity index (χ0n) is 15.3. The third-order valence-electron chi connectivity index (χ3n) is 4.49. The van der Waals surface area contributed by atoms with Gasteiger partial charge in [0.2, 0.25) is 0 Å². The smallest absolute Gasteiger partial charge is 0.338 e. The average Bonchev–Trinajstić information content (AvgIpc) is 3.08. The monoisotopic (exact) mass is 366 g/mol. The lowest BCUT2D eigenvalue weighted by Crippen LogP contribution is -2.31. The Hall–Kier alpha value is -2.92. The summed E-state index contributed by atoms with van der Waals surface area (Å²) >= 11 is 0. The Morgan fingerprint density at radius 3 is 2.85 bits per heavy atom. The highest BCUT2D eigenvalue weighted by Crippen LogP contribution is 2.39. The van der Waals surface area contributed by atoms with Gasteiger partial charge in [0, 0.05) is 18.1 Å². The van der Waals surface area contributed by atoms with Gasteiger partial charge in [-0.2, -0.15) is 0 Å². The molecule has 0 spiro atoms.